The molecule has 25 heavy (non-hydrogen) atoms. The zero-order valence-electron chi connectivity index (χ0n) is 13.4. The fraction of sp³-hybridized carbons (Fsp3) is 0.105. The fourth-order valence-electron chi connectivity index (χ4n) is 2.25. The summed E-state index contributed by atoms with van der Waals surface area (Å²) in [7, 11) is 0. The highest BCUT2D eigenvalue weighted by atomic mass is 32.1. The topological polar surface area (TPSA) is 77.8 Å². The van der Waals surface area contributed by atoms with E-state index in [0.29, 0.717) is 10.7 Å². The second-order valence-electron chi connectivity index (χ2n) is 5.38. The first-order chi connectivity index (χ1) is 12.2. The quantitative estimate of drug-likeness (QED) is 0.713. The van der Waals surface area contributed by atoms with Gasteiger partial charge >= 0.3 is 0 Å². The van der Waals surface area contributed by atoms with Crippen molar-refractivity contribution in [2.45, 2.75) is 6.42 Å². The largest absolute Gasteiger partial charge is 0.376 e. The molecule has 6 heteroatoms. The Morgan fingerprint density at radius 3 is 2.60 bits per heavy atom. The molecule has 0 aliphatic carbocycles. The third-order valence-corrected chi connectivity index (χ3v) is 4.40. The molecule has 2 aromatic carbocycles. The minimum Gasteiger partial charge on any atom is -0.376 e. The Bertz CT molecular complexity index is 882. The highest BCUT2D eigenvalue weighted by Gasteiger charge is 2.07. The van der Waals surface area contributed by atoms with Crippen LogP contribution in [0.4, 0.5) is 10.8 Å². The maximum atomic E-state index is 12.0. The van der Waals surface area contributed by atoms with Gasteiger partial charge in [0.15, 0.2) is 5.13 Å². The molecule has 0 unspecified atom stereocenters. The summed E-state index contributed by atoms with van der Waals surface area (Å²) in [5.74, 6) is -0.162. The van der Waals surface area contributed by atoms with E-state index in [1.165, 1.54) is 16.9 Å². The van der Waals surface area contributed by atoms with Crippen molar-refractivity contribution >= 4 is 28.1 Å². The summed E-state index contributed by atoms with van der Waals surface area (Å²) in [5.41, 5.74) is 2.59. The summed E-state index contributed by atoms with van der Waals surface area (Å²) in [4.78, 5) is 17.4. The first-order valence-corrected chi connectivity index (χ1v) is 8.57. The van der Waals surface area contributed by atoms with Crippen LogP contribution in [0.2, 0.25) is 0 Å². The second kappa shape index (κ2) is 8.08. The van der Waals surface area contributed by atoms with E-state index in [0.717, 1.165) is 17.0 Å². The molecule has 0 saturated heterocycles. The normalized spacial score (nSPS) is 10.0. The number of rotatable bonds is 6. The molecule has 1 aromatic heterocycles. The highest BCUT2D eigenvalue weighted by molar-refractivity contribution is 7.15. The van der Waals surface area contributed by atoms with Crippen LogP contribution < -0.4 is 10.6 Å². The van der Waals surface area contributed by atoms with Gasteiger partial charge in [0.2, 0.25) is 5.91 Å². The number of carbonyl (C=O) groups excluding carboxylic acids is 1. The Morgan fingerprint density at radius 2 is 1.88 bits per heavy atom. The van der Waals surface area contributed by atoms with E-state index >= 15 is 0 Å². The molecule has 0 aliphatic heterocycles. The van der Waals surface area contributed by atoms with Crippen molar-refractivity contribution in [3.05, 3.63) is 76.8 Å². The van der Waals surface area contributed by atoms with Gasteiger partial charge in [-0.15, -0.1) is 11.3 Å². The van der Waals surface area contributed by atoms with Crippen molar-refractivity contribution < 1.29 is 4.79 Å². The van der Waals surface area contributed by atoms with E-state index in [1.54, 1.807) is 30.5 Å². The van der Waals surface area contributed by atoms with Crippen LogP contribution in [-0.4, -0.2) is 17.4 Å². The highest BCUT2D eigenvalue weighted by Crippen LogP contribution is 2.21. The maximum Gasteiger partial charge on any atom is 0.245 e. The molecule has 0 aliphatic rings. The summed E-state index contributed by atoms with van der Waals surface area (Å²) in [6.45, 7) is 0.138. The first-order valence-electron chi connectivity index (χ1n) is 7.75. The third-order valence-electron chi connectivity index (χ3n) is 3.49. The van der Waals surface area contributed by atoms with E-state index in [2.05, 4.69) is 33.8 Å². The van der Waals surface area contributed by atoms with E-state index in [4.69, 9.17) is 5.26 Å². The summed E-state index contributed by atoms with van der Waals surface area (Å²) >= 11 is 1.48. The number of nitrogens with zero attached hydrogens (tertiary/aromatic N) is 2. The number of amides is 1. The Balaban J connectivity index is 1.50. The molecule has 0 atom stereocenters. The van der Waals surface area contributed by atoms with Crippen molar-refractivity contribution in [2.75, 3.05) is 17.2 Å². The SMILES string of the molecule is N#Cc1ccc(NCC(=O)Nc2ncc(Cc3ccccc3)s2)cc1. The smallest absolute Gasteiger partial charge is 0.245 e. The average Bonchev–Trinajstić information content (AvgIpc) is 3.08. The van der Waals surface area contributed by atoms with Crippen LogP contribution in [0.5, 0.6) is 0 Å². The van der Waals surface area contributed by atoms with Gasteiger partial charge in [-0.05, 0) is 29.8 Å². The number of anilines is 2. The van der Waals surface area contributed by atoms with E-state index in [-0.39, 0.29) is 12.5 Å². The van der Waals surface area contributed by atoms with Gasteiger partial charge in [0.25, 0.3) is 0 Å². The lowest BCUT2D eigenvalue weighted by atomic mass is 10.1. The van der Waals surface area contributed by atoms with Crippen molar-refractivity contribution in [3.8, 4) is 6.07 Å². The van der Waals surface area contributed by atoms with Gasteiger partial charge in [-0.2, -0.15) is 5.26 Å². The van der Waals surface area contributed by atoms with Crippen LogP contribution in [0.3, 0.4) is 0 Å². The van der Waals surface area contributed by atoms with Crippen LogP contribution in [0.15, 0.2) is 60.8 Å². The van der Waals surface area contributed by atoms with Crippen LogP contribution in [-0.2, 0) is 11.2 Å². The van der Waals surface area contributed by atoms with Crippen molar-refractivity contribution in [2.24, 2.45) is 0 Å². The number of hydrogen-bond acceptors (Lipinski definition) is 5. The van der Waals surface area contributed by atoms with Gasteiger partial charge in [-0.25, -0.2) is 4.98 Å². The maximum absolute atomic E-state index is 12.0. The van der Waals surface area contributed by atoms with Crippen LogP contribution in [0, 0.1) is 11.3 Å². The third kappa shape index (κ3) is 4.90. The minimum absolute atomic E-state index is 0.138. The molecule has 5 nitrogen and oxygen atoms in total. The number of benzene rings is 2. The van der Waals surface area contributed by atoms with E-state index in [9.17, 15) is 4.79 Å². The summed E-state index contributed by atoms with van der Waals surface area (Å²) < 4.78 is 0. The van der Waals surface area contributed by atoms with Crippen molar-refractivity contribution in [1.29, 1.82) is 5.26 Å². The molecule has 124 valence electrons. The number of nitrogens with one attached hydrogen (secondary N) is 2. The summed E-state index contributed by atoms with van der Waals surface area (Å²) in [5, 5.41) is 15.2. The molecule has 2 N–H and O–H groups in total. The lowest BCUT2D eigenvalue weighted by molar-refractivity contribution is -0.114. The summed E-state index contributed by atoms with van der Waals surface area (Å²) in [6, 6.07) is 19.2. The average molecular weight is 348 g/mol. The van der Waals surface area contributed by atoms with Gasteiger partial charge in [-0.1, -0.05) is 30.3 Å². The molecular weight excluding hydrogens is 332 g/mol. The molecule has 0 saturated carbocycles. The molecule has 0 bridgehead atoms. The second-order valence-corrected chi connectivity index (χ2v) is 6.50. The number of carbonyl (C=O) groups is 1. The molecule has 0 fully saturated rings. The lowest BCUT2D eigenvalue weighted by Crippen LogP contribution is -2.21. The molecule has 3 aromatic rings. The van der Waals surface area contributed by atoms with Crippen LogP contribution in [0.25, 0.3) is 0 Å². The molecule has 1 amide bonds. The van der Waals surface area contributed by atoms with Gasteiger partial charge in [0, 0.05) is 23.2 Å². The molecule has 0 radical (unpaired) electrons. The summed E-state index contributed by atoms with van der Waals surface area (Å²) in [6.07, 6.45) is 2.60. The number of thiazole rings is 1. The predicted octanol–water partition coefficient (Wildman–Crippen LogP) is 3.66. The van der Waals surface area contributed by atoms with E-state index in [1.807, 2.05) is 18.2 Å². The fourth-order valence-corrected chi connectivity index (χ4v) is 3.12. The molecule has 0 spiro atoms. The minimum atomic E-state index is -0.162. The number of nitriles is 1. The monoisotopic (exact) mass is 348 g/mol. The Morgan fingerprint density at radius 1 is 1.12 bits per heavy atom. The molecular formula is C19H16N4OS. The van der Waals surface area contributed by atoms with Gasteiger partial charge in [0.05, 0.1) is 18.2 Å². The van der Waals surface area contributed by atoms with E-state index < -0.39 is 0 Å². The Labute approximate surface area is 150 Å². The van der Waals surface area contributed by atoms with Gasteiger partial charge < -0.3 is 10.6 Å². The van der Waals surface area contributed by atoms with Crippen LogP contribution in [0.1, 0.15) is 16.0 Å². The Hall–Kier alpha value is -3.17. The zero-order valence-corrected chi connectivity index (χ0v) is 14.2. The Kier molecular flexibility index (Phi) is 5.39. The number of aromatic nitrogens is 1. The predicted molar refractivity (Wildman–Crippen MR) is 99.6 cm³/mol. The first kappa shape index (κ1) is 16.7. The van der Waals surface area contributed by atoms with Crippen molar-refractivity contribution in [3.63, 3.8) is 0 Å². The zero-order chi connectivity index (χ0) is 17.5. The van der Waals surface area contributed by atoms with Gasteiger partial charge in [0.1, 0.15) is 0 Å². The number of hydrogen-bond donors (Lipinski definition) is 2. The standard InChI is InChI=1S/C19H16N4OS/c20-11-15-6-8-16(9-7-15)21-13-18(24)23-19-22-12-17(25-19)10-14-4-2-1-3-5-14/h1-9,12,21H,10,13H2,(H,22,23,24). The van der Waals surface area contributed by atoms with Crippen LogP contribution >= 0.6 is 11.3 Å². The molecule has 1 heterocycles. The lowest BCUT2D eigenvalue weighted by Gasteiger charge is -2.05. The molecule has 3 rings (SSSR count). The van der Waals surface area contributed by atoms with Crippen molar-refractivity contribution in [1.82, 2.24) is 4.98 Å². The van der Waals surface area contributed by atoms with Gasteiger partial charge in [-0.3, -0.25) is 4.79 Å².